The SMILES string of the molecule is COC1C=CC(CNS(=O)(=O)c2cn(C3CCCC3)nc2-c2ccccc2)(OC)O1. The number of hydrogen-bond acceptors (Lipinski definition) is 6. The standard InChI is InChI=1S/C21H27N3O5S/c1-27-19-12-13-21(28-2,29-19)15-22-30(25,26)18-14-24(17-10-6-7-11-17)23-20(18)16-8-4-3-5-9-16/h3-5,8-9,12-14,17,19,22H,6-7,10-11,15H2,1-2H3. The van der Waals surface area contributed by atoms with Crippen molar-refractivity contribution in [1.29, 1.82) is 0 Å². The zero-order chi connectivity index (χ0) is 21.2. The first-order chi connectivity index (χ1) is 14.5. The van der Waals surface area contributed by atoms with Gasteiger partial charge in [-0.05, 0) is 25.0 Å². The van der Waals surface area contributed by atoms with Crippen LogP contribution in [0.5, 0.6) is 0 Å². The fraction of sp³-hybridized carbons (Fsp3) is 0.476. The zero-order valence-corrected chi connectivity index (χ0v) is 18.0. The van der Waals surface area contributed by atoms with E-state index in [1.165, 1.54) is 14.2 Å². The van der Waals surface area contributed by atoms with Crippen LogP contribution in [0.2, 0.25) is 0 Å². The number of nitrogens with zero attached hydrogens (tertiary/aromatic N) is 2. The van der Waals surface area contributed by atoms with Gasteiger partial charge in [0.25, 0.3) is 0 Å². The van der Waals surface area contributed by atoms with Crippen molar-refractivity contribution in [2.45, 2.75) is 48.7 Å². The molecule has 8 nitrogen and oxygen atoms in total. The van der Waals surface area contributed by atoms with Gasteiger partial charge in [-0.3, -0.25) is 4.68 Å². The van der Waals surface area contributed by atoms with Crippen LogP contribution in [0.1, 0.15) is 31.7 Å². The summed E-state index contributed by atoms with van der Waals surface area (Å²) in [5.41, 5.74) is 1.20. The molecule has 1 aliphatic heterocycles. The molecular formula is C21H27N3O5S. The predicted octanol–water partition coefficient (Wildman–Crippen LogP) is 2.85. The second-order valence-electron chi connectivity index (χ2n) is 7.55. The summed E-state index contributed by atoms with van der Waals surface area (Å²) in [6, 6.07) is 9.59. The molecule has 1 aromatic heterocycles. The Morgan fingerprint density at radius 3 is 2.60 bits per heavy atom. The van der Waals surface area contributed by atoms with Gasteiger partial charge in [0.1, 0.15) is 10.6 Å². The van der Waals surface area contributed by atoms with E-state index in [4.69, 9.17) is 14.2 Å². The molecule has 2 atom stereocenters. The molecule has 1 fully saturated rings. The molecule has 1 aromatic carbocycles. The summed E-state index contributed by atoms with van der Waals surface area (Å²) in [5.74, 6) is -1.22. The smallest absolute Gasteiger partial charge is 0.244 e. The monoisotopic (exact) mass is 433 g/mol. The van der Waals surface area contributed by atoms with E-state index in [9.17, 15) is 8.42 Å². The molecule has 2 heterocycles. The molecule has 1 N–H and O–H groups in total. The third-order valence-corrected chi connectivity index (χ3v) is 7.05. The van der Waals surface area contributed by atoms with Gasteiger partial charge >= 0.3 is 0 Å². The van der Waals surface area contributed by atoms with Gasteiger partial charge in [0.15, 0.2) is 6.29 Å². The van der Waals surface area contributed by atoms with Crippen LogP contribution in [-0.2, 0) is 24.2 Å². The molecule has 2 unspecified atom stereocenters. The van der Waals surface area contributed by atoms with Gasteiger partial charge in [0, 0.05) is 26.0 Å². The van der Waals surface area contributed by atoms with Crippen molar-refractivity contribution in [3.8, 4) is 11.3 Å². The third-order valence-electron chi connectivity index (χ3n) is 5.64. The summed E-state index contributed by atoms with van der Waals surface area (Å²) in [5, 5.41) is 4.67. The van der Waals surface area contributed by atoms with E-state index in [1.807, 2.05) is 35.0 Å². The average molecular weight is 434 g/mol. The summed E-state index contributed by atoms with van der Waals surface area (Å²) in [6.07, 6.45) is 8.68. The molecule has 0 spiro atoms. The van der Waals surface area contributed by atoms with Crippen molar-refractivity contribution in [2.24, 2.45) is 0 Å². The van der Waals surface area contributed by atoms with E-state index in [0.717, 1.165) is 31.2 Å². The Morgan fingerprint density at radius 2 is 1.97 bits per heavy atom. The fourth-order valence-corrected chi connectivity index (χ4v) is 5.12. The molecule has 0 saturated heterocycles. The lowest BCUT2D eigenvalue weighted by molar-refractivity contribution is -0.237. The van der Waals surface area contributed by atoms with E-state index < -0.39 is 22.1 Å². The van der Waals surface area contributed by atoms with Gasteiger partial charge in [-0.15, -0.1) is 0 Å². The molecule has 9 heteroatoms. The number of rotatable bonds is 8. The average Bonchev–Trinajstić information content (AvgIpc) is 3.52. The Kier molecular flexibility index (Phi) is 6.08. The Balaban J connectivity index is 1.63. The molecule has 4 rings (SSSR count). The Bertz CT molecular complexity index is 999. The van der Waals surface area contributed by atoms with Crippen LogP contribution in [0.3, 0.4) is 0 Å². The highest BCUT2D eigenvalue weighted by Crippen LogP contribution is 2.33. The minimum atomic E-state index is -3.88. The van der Waals surface area contributed by atoms with Gasteiger partial charge in [0.05, 0.1) is 12.6 Å². The molecule has 162 valence electrons. The van der Waals surface area contributed by atoms with Crippen LogP contribution in [0.25, 0.3) is 11.3 Å². The van der Waals surface area contributed by atoms with Crippen molar-refractivity contribution in [2.75, 3.05) is 20.8 Å². The maximum Gasteiger partial charge on any atom is 0.244 e. The predicted molar refractivity (Wildman–Crippen MR) is 111 cm³/mol. The highest BCUT2D eigenvalue weighted by Gasteiger charge is 2.38. The van der Waals surface area contributed by atoms with Gasteiger partial charge in [0.2, 0.25) is 15.8 Å². The van der Waals surface area contributed by atoms with Crippen LogP contribution in [-0.4, -0.2) is 51.0 Å². The molecular weight excluding hydrogens is 406 g/mol. The lowest BCUT2D eigenvalue weighted by atomic mass is 10.2. The normalized spacial score (nSPS) is 24.7. The Labute approximate surface area is 176 Å². The van der Waals surface area contributed by atoms with Crippen molar-refractivity contribution >= 4 is 10.0 Å². The molecule has 2 aromatic rings. The summed E-state index contributed by atoms with van der Waals surface area (Å²) in [6.45, 7) is -0.0922. The van der Waals surface area contributed by atoms with E-state index in [-0.39, 0.29) is 17.5 Å². The van der Waals surface area contributed by atoms with Crippen molar-refractivity contribution in [1.82, 2.24) is 14.5 Å². The maximum atomic E-state index is 13.3. The summed E-state index contributed by atoms with van der Waals surface area (Å²) < 4.78 is 47.3. The molecule has 1 aliphatic carbocycles. The number of benzene rings is 1. The first kappa shape index (κ1) is 21.2. The van der Waals surface area contributed by atoms with Crippen LogP contribution in [0.15, 0.2) is 53.6 Å². The second kappa shape index (κ2) is 8.60. The van der Waals surface area contributed by atoms with Crippen LogP contribution >= 0.6 is 0 Å². The molecule has 0 amide bonds. The van der Waals surface area contributed by atoms with Gasteiger partial charge in [-0.25, -0.2) is 13.1 Å². The first-order valence-corrected chi connectivity index (χ1v) is 11.5. The molecule has 30 heavy (non-hydrogen) atoms. The second-order valence-corrected chi connectivity index (χ2v) is 9.28. The Hall–Kier alpha value is -2.04. The zero-order valence-electron chi connectivity index (χ0n) is 17.2. The molecule has 1 saturated carbocycles. The Morgan fingerprint density at radius 1 is 1.23 bits per heavy atom. The van der Waals surface area contributed by atoms with E-state index in [0.29, 0.717) is 5.69 Å². The van der Waals surface area contributed by atoms with Gasteiger partial charge < -0.3 is 14.2 Å². The fourth-order valence-electron chi connectivity index (χ4n) is 3.91. The lowest BCUT2D eigenvalue weighted by Gasteiger charge is -2.27. The first-order valence-electron chi connectivity index (χ1n) is 10.1. The van der Waals surface area contributed by atoms with Crippen LogP contribution in [0, 0.1) is 0 Å². The minimum Gasteiger partial charge on any atom is -0.352 e. The summed E-state index contributed by atoms with van der Waals surface area (Å²) in [4.78, 5) is 0.150. The van der Waals surface area contributed by atoms with E-state index in [2.05, 4.69) is 9.82 Å². The highest BCUT2D eigenvalue weighted by molar-refractivity contribution is 7.89. The number of hydrogen-bond donors (Lipinski definition) is 1. The molecule has 2 aliphatic rings. The number of sulfonamides is 1. The topological polar surface area (TPSA) is 91.7 Å². The van der Waals surface area contributed by atoms with Crippen molar-refractivity contribution < 1.29 is 22.6 Å². The van der Waals surface area contributed by atoms with Gasteiger partial charge in [-0.2, -0.15) is 5.10 Å². The summed E-state index contributed by atoms with van der Waals surface area (Å²) in [7, 11) is -0.905. The minimum absolute atomic E-state index is 0.0922. The van der Waals surface area contributed by atoms with E-state index in [1.54, 1.807) is 18.3 Å². The summed E-state index contributed by atoms with van der Waals surface area (Å²) >= 11 is 0. The van der Waals surface area contributed by atoms with Crippen LogP contribution < -0.4 is 4.72 Å². The third kappa shape index (κ3) is 4.21. The quantitative estimate of drug-likeness (QED) is 0.644. The van der Waals surface area contributed by atoms with E-state index >= 15 is 0 Å². The van der Waals surface area contributed by atoms with Crippen LogP contribution in [0.4, 0.5) is 0 Å². The van der Waals surface area contributed by atoms with Crippen molar-refractivity contribution in [3.05, 3.63) is 48.7 Å². The van der Waals surface area contributed by atoms with Crippen molar-refractivity contribution in [3.63, 3.8) is 0 Å². The highest BCUT2D eigenvalue weighted by atomic mass is 32.2. The number of nitrogens with one attached hydrogen (secondary N) is 1. The number of aromatic nitrogens is 2. The molecule has 0 radical (unpaired) electrons. The van der Waals surface area contributed by atoms with Gasteiger partial charge in [-0.1, -0.05) is 43.2 Å². The lowest BCUT2D eigenvalue weighted by Crippen LogP contribution is -2.44. The molecule has 0 bridgehead atoms. The largest absolute Gasteiger partial charge is 0.352 e. The number of methoxy groups -OCH3 is 2. The number of ether oxygens (including phenoxy) is 3. The maximum absolute atomic E-state index is 13.3.